The van der Waals surface area contributed by atoms with Gasteiger partial charge >= 0.3 is 0 Å². The summed E-state index contributed by atoms with van der Waals surface area (Å²) in [4.78, 5) is 28.8. The highest BCUT2D eigenvalue weighted by Gasteiger charge is 2.41. The number of benzene rings is 2. The van der Waals surface area contributed by atoms with Crippen LogP contribution in [0, 0.1) is 17.6 Å². The van der Waals surface area contributed by atoms with Gasteiger partial charge in [0.25, 0.3) is 0 Å². The van der Waals surface area contributed by atoms with Crippen molar-refractivity contribution >= 4 is 33.1 Å². The van der Waals surface area contributed by atoms with Crippen molar-refractivity contribution in [3.63, 3.8) is 0 Å². The molecule has 0 bridgehead atoms. The van der Waals surface area contributed by atoms with Crippen LogP contribution in [0.3, 0.4) is 0 Å². The first-order chi connectivity index (χ1) is 21.9. The van der Waals surface area contributed by atoms with Gasteiger partial charge in [-0.25, -0.2) is 17.2 Å². The molecular formula is C32H37F2N5O6S. The highest BCUT2D eigenvalue weighted by atomic mass is 32.2. The predicted octanol–water partition coefficient (Wildman–Crippen LogP) is 3.80. The number of fused-ring (bicyclic) bond motifs is 1. The maximum Gasteiger partial charge on any atom is 0.243 e. The highest BCUT2D eigenvalue weighted by Crippen LogP contribution is 2.37. The van der Waals surface area contributed by atoms with Gasteiger partial charge in [-0.2, -0.15) is 9.40 Å². The highest BCUT2D eigenvalue weighted by molar-refractivity contribution is 7.89. The summed E-state index contributed by atoms with van der Waals surface area (Å²) in [6.07, 6.45) is 1.05. The Labute approximate surface area is 266 Å². The summed E-state index contributed by atoms with van der Waals surface area (Å²) in [5, 5.41) is 10.4. The monoisotopic (exact) mass is 657 g/mol. The number of aromatic nitrogens is 2. The number of halogens is 2. The standard InChI is InChI=1S/C32H37F2N5O6S/c1-32(2)19-39(46(42,43)24-14-21(33)13-22(34)15-24)18-26-28(36-37-30(26)32)17-29(40)25-4-3-23(38-7-11-45-12-8-38)16-27(25)35-31(41)20-5-9-44-10-6-20/h3-4,13-16,20H,5-12,17-19H2,1-2H3,(H,35,41)(H,36,37). The molecule has 3 aliphatic heterocycles. The molecule has 4 heterocycles. The lowest BCUT2D eigenvalue weighted by Crippen LogP contribution is -2.45. The van der Waals surface area contributed by atoms with E-state index in [0.717, 1.165) is 22.1 Å². The second-order valence-corrected chi connectivity index (χ2v) is 14.5. The number of ether oxygens (including phenoxy) is 2. The number of hydrogen-bond acceptors (Lipinski definition) is 8. The van der Waals surface area contributed by atoms with Crippen LogP contribution >= 0.6 is 0 Å². The molecule has 0 spiro atoms. The quantitative estimate of drug-likeness (QED) is 0.350. The Bertz CT molecular complexity index is 1730. The first-order valence-corrected chi connectivity index (χ1v) is 16.8. The number of morpholine rings is 1. The number of H-pyrrole nitrogens is 1. The summed E-state index contributed by atoms with van der Waals surface area (Å²) in [5.74, 6) is -2.70. The second kappa shape index (κ2) is 12.8. The third kappa shape index (κ3) is 6.57. The minimum Gasteiger partial charge on any atom is -0.381 e. The van der Waals surface area contributed by atoms with E-state index in [9.17, 15) is 26.8 Å². The van der Waals surface area contributed by atoms with Crippen LogP contribution in [0.1, 0.15) is 54.0 Å². The SMILES string of the molecule is CC1(C)CN(S(=O)(=O)c2cc(F)cc(F)c2)Cc2c1n[nH]c2CC(=O)c1ccc(N2CCOCC2)cc1NC(=O)C1CCOCC1. The van der Waals surface area contributed by atoms with E-state index in [-0.39, 0.29) is 37.1 Å². The maximum absolute atomic E-state index is 14.0. The van der Waals surface area contributed by atoms with Crippen molar-refractivity contribution < 1.29 is 36.3 Å². The number of carbonyl (C=O) groups excluding carboxylic acids is 2. The van der Waals surface area contributed by atoms with Gasteiger partial charge in [-0.15, -0.1) is 0 Å². The first-order valence-electron chi connectivity index (χ1n) is 15.3. The summed E-state index contributed by atoms with van der Waals surface area (Å²) in [7, 11) is -4.29. The van der Waals surface area contributed by atoms with Crippen LogP contribution in [0.2, 0.25) is 0 Å². The zero-order chi connectivity index (χ0) is 32.6. The van der Waals surface area contributed by atoms with Gasteiger partial charge in [-0.05, 0) is 43.2 Å². The van der Waals surface area contributed by atoms with Crippen molar-refractivity contribution in [2.24, 2.45) is 5.92 Å². The van der Waals surface area contributed by atoms with Crippen LogP contribution < -0.4 is 10.2 Å². The summed E-state index contributed by atoms with van der Waals surface area (Å²) >= 11 is 0. The Kier molecular flexibility index (Phi) is 8.98. The van der Waals surface area contributed by atoms with Gasteiger partial charge in [0.2, 0.25) is 15.9 Å². The number of amides is 1. The van der Waals surface area contributed by atoms with Crippen LogP contribution in [-0.4, -0.2) is 80.7 Å². The fraction of sp³-hybridized carbons (Fsp3) is 0.469. The van der Waals surface area contributed by atoms with Crippen molar-refractivity contribution in [1.29, 1.82) is 0 Å². The Balaban J connectivity index is 1.29. The molecule has 1 aromatic heterocycles. The largest absolute Gasteiger partial charge is 0.381 e. The maximum atomic E-state index is 14.0. The van der Waals surface area contributed by atoms with Gasteiger partial charge in [-0.1, -0.05) is 13.8 Å². The number of hydrogen-bond donors (Lipinski definition) is 2. The fourth-order valence-corrected chi connectivity index (χ4v) is 7.98. The number of rotatable bonds is 8. The van der Waals surface area contributed by atoms with Crippen LogP contribution in [0.25, 0.3) is 0 Å². The lowest BCUT2D eigenvalue weighted by atomic mass is 9.83. The van der Waals surface area contributed by atoms with E-state index in [1.165, 1.54) is 0 Å². The molecule has 0 unspecified atom stereocenters. The van der Waals surface area contributed by atoms with E-state index in [1.54, 1.807) is 6.07 Å². The number of carbonyl (C=O) groups is 2. The second-order valence-electron chi connectivity index (χ2n) is 12.6. The molecular weight excluding hydrogens is 620 g/mol. The van der Waals surface area contributed by atoms with E-state index in [4.69, 9.17) is 9.47 Å². The third-order valence-corrected chi connectivity index (χ3v) is 10.6. The molecule has 2 aromatic carbocycles. The first kappa shape index (κ1) is 32.2. The number of nitrogens with one attached hydrogen (secondary N) is 2. The topological polar surface area (TPSA) is 134 Å². The van der Waals surface area contributed by atoms with Gasteiger partial charge < -0.3 is 19.7 Å². The summed E-state index contributed by atoms with van der Waals surface area (Å²) in [5.41, 5.74) is 2.38. The molecule has 3 aromatic rings. The fourth-order valence-electron chi connectivity index (χ4n) is 6.37. The van der Waals surface area contributed by atoms with Crippen LogP contribution in [-0.2, 0) is 42.7 Å². The number of aromatic amines is 1. The van der Waals surface area contributed by atoms with Gasteiger partial charge in [0.05, 0.1) is 35.9 Å². The van der Waals surface area contributed by atoms with Gasteiger partial charge in [-0.3, -0.25) is 14.7 Å². The van der Waals surface area contributed by atoms with Gasteiger partial charge in [0.15, 0.2) is 5.78 Å². The molecule has 2 saturated heterocycles. The number of anilines is 2. The van der Waals surface area contributed by atoms with Crippen molar-refractivity contribution in [1.82, 2.24) is 14.5 Å². The molecule has 246 valence electrons. The normalized spacial score (nSPS) is 19.1. The van der Waals surface area contributed by atoms with E-state index in [0.29, 0.717) is 86.6 Å². The van der Waals surface area contributed by atoms with Crippen LogP contribution in [0.4, 0.5) is 20.2 Å². The zero-order valence-corrected chi connectivity index (χ0v) is 26.6. The molecule has 2 N–H and O–H groups in total. The zero-order valence-electron chi connectivity index (χ0n) is 25.8. The third-order valence-electron chi connectivity index (χ3n) is 8.84. The van der Waals surface area contributed by atoms with E-state index < -0.39 is 32.0 Å². The summed E-state index contributed by atoms with van der Waals surface area (Å²) < 4.78 is 67.1. The minimum atomic E-state index is -4.29. The lowest BCUT2D eigenvalue weighted by molar-refractivity contribution is -0.122. The molecule has 0 radical (unpaired) electrons. The minimum absolute atomic E-state index is 0.0180. The molecule has 46 heavy (non-hydrogen) atoms. The smallest absolute Gasteiger partial charge is 0.243 e. The average molecular weight is 658 g/mol. The van der Waals surface area contributed by atoms with Crippen molar-refractivity contribution in [2.45, 2.75) is 50.0 Å². The Morgan fingerprint density at radius 1 is 1.02 bits per heavy atom. The van der Waals surface area contributed by atoms with E-state index in [2.05, 4.69) is 20.4 Å². The van der Waals surface area contributed by atoms with Crippen LogP contribution in [0.15, 0.2) is 41.3 Å². The molecule has 2 fully saturated rings. The number of nitrogens with zero attached hydrogens (tertiary/aromatic N) is 3. The van der Waals surface area contributed by atoms with Gasteiger partial charge in [0.1, 0.15) is 11.6 Å². The molecule has 11 nitrogen and oxygen atoms in total. The molecule has 14 heteroatoms. The number of Topliss-reactive ketones (excluding diaryl/α,β-unsaturated/α-hetero) is 1. The van der Waals surface area contributed by atoms with Crippen LogP contribution in [0.5, 0.6) is 0 Å². The number of sulfonamides is 1. The summed E-state index contributed by atoms with van der Waals surface area (Å²) in [6.45, 7) is 7.03. The number of ketones is 1. The molecule has 3 aliphatic rings. The molecule has 6 rings (SSSR count). The molecule has 0 aliphatic carbocycles. The van der Waals surface area contributed by atoms with Crippen molar-refractivity contribution in [3.8, 4) is 0 Å². The molecule has 0 saturated carbocycles. The van der Waals surface area contributed by atoms with E-state index >= 15 is 0 Å². The lowest BCUT2D eigenvalue weighted by Gasteiger charge is -2.36. The van der Waals surface area contributed by atoms with Gasteiger partial charge in [0, 0.05) is 79.3 Å². The average Bonchev–Trinajstić information content (AvgIpc) is 3.44. The Morgan fingerprint density at radius 3 is 2.39 bits per heavy atom. The molecule has 1 amide bonds. The Hall–Kier alpha value is -3.72. The Morgan fingerprint density at radius 2 is 1.70 bits per heavy atom. The van der Waals surface area contributed by atoms with E-state index in [1.807, 2.05) is 26.0 Å². The molecule has 0 atom stereocenters. The summed E-state index contributed by atoms with van der Waals surface area (Å²) in [6, 6.07) is 7.56. The predicted molar refractivity (Wildman–Crippen MR) is 165 cm³/mol. The van der Waals surface area contributed by atoms with Crippen molar-refractivity contribution in [2.75, 3.05) is 56.3 Å². The van der Waals surface area contributed by atoms with Crippen molar-refractivity contribution in [3.05, 3.63) is 70.5 Å².